The zero-order valence-corrected chi connectivity index (χ0v) is 4.29. The number of allylic oxidation sites excluding steroid dienone is 3. The molecule has 0 bridgehead atoms. The van der Waals surface area contributed by atoms with Crippen LogP contribution in [0.2, 0.25) is 0 Å². The average Bonchev–Trinajstić information content (AvgIpc) is 2.15. The number of rotatable bonds is 0. The van der Waals surface area contributed by atoms with E-state index in [1.54, 1.807) is 0 Å². The van der Waals surface area contributed by atoms with Gasteiger partial charge in [-0.05, 0) is 12.2 Å². The van der Waals surface area contributed by atoms with Crippen LogP contribution in [0.5, 0.6) is 0 Å². The smallest absolute Gasteiger partial charge is 0.166 e. The third-order valence-electron chi connectivity index (χ3n) is 1.33. The highest BCUT2D eigenvalue weighted by Gasteiger charge is 2.17. The highest BCUT2D eigenvalue weighted by molar-refractivity contribution is 5.29. The fourth-order valence-electron chi connectivity index (χ4n) is 0.891. The van der Waals surface area contributed by atoms with E-state index < -0.39 is 0 Å². The average molecular weight is 105 g/mol. The molecule has 0 aromatic heterocycles. The molecule has 0 saturated heterocycles. The summed E-state index contributed by atoms with van der Waals surface area (Å²) in [6, 6.07) is 0. The van der Waals surface area contributed by atoms with Crippen molar-refractivity contribution < 1.29 is 4.74 Å². The van der Waals surface area contributed by atoms with Crippen LogP contribution in [-0.2, 0) is 4.74 Å². The van der Waals surface area contributed by atoms with Crippen LogP contribution in [0.4, 0.5) is 0 Å². The summed E-state index contributed by atoms with van der Waals surface area (Å²) in [5.41, 5.74) is 0. The predicted octanol–water partition coefficient (Wildman–Crippen LogP) is 1.40. The largest absolute Gasteiger partial charge is 0.457 e. The Bertz CT molecular complexity index is 187. The maximum absolute atomic E-state index is 4.97. The molecular formula is C7H5O. The molecule has 2 aliphatic rings. The van der Waals surface area contributed by atoms with Crippen molar-refractivity contribution in [2.24, 2.45) is 5.92 Å². The first-order chi connectivity index (χ1) is 3.97. The Balaban J connectivity index is 2.39. The monoisotopic (exact) mass is 105 g/mol. The Labute approximate surface area is 48.0 Å². The minimum atomic E-state index is 0.398. The molecule has 0 aromatic carbocycles. The molecule has 39 valence electrons. The highest BCUT2D eigenvalue weighted by atomic mass is 16.5. The van der Waals surface area contributed by atoms with E-state index in [1.165, 1.54) is 0 Å². The predicted molar refractivity (Wildman–Crippen MR) is 29.6 cm³/mol. The lowest BCUT2D eigenvalue weighted by Gasteiger charge is -1.95. The zero-order chi connectivity index (χ0) is 5.40. The minimum Gasteiger partial charge on any atom is -0.457 e. The molecule has 0 fully saturated rings. The first kappa shape index (κ1) is 3.96. The maximum Gasteiger partial charge on any atom is 0.166 e. The summed E-state index contributed by atoms with van der Waals surface area (Å²) in [7, 11) is 0. The van der Waals surface area contributed by atoms with Gasteiger partial charge in [-0.1, -0.05) is 12.2 Å². The lowest BCUT2D eigenvalue weighted by molar-refractivity contribution is 0.335. The van der Waals surface area contributed by atoms with Gasteiger partial charge in [0.25, 0.3) is 0 Å². The Morgan fingerprint density at radius 1 is 1.62 bits per heavy atom. The van der Waals surface area contributed by atoms with Gasteiger partial charge in [0.1, 0.15) is 5.76 Å². The van der Waals surface area contributed by atoms with Crippen molar-refractivity contribution in [2.45, 2.75) is 0 Å². The molecule has 1 unspecified atom stereocenters. The number of ether oxygens (including phenoxy) is 1. The fraction of sp³-hybridized carbons (Fsp3) is 0.143. The van der Waals surface area contributed by atoms with Crippen molar-refractivity contribution in [3.05, 3.63) is 36.3 Å². The normalized spacial score (nSPS) is 30.0. The van der Waals surface area contributed by atoms with Crippen LogP contribution in [0.25, 0.3) is 0 Å². The molecule has 1 atom stereocenters. The van der Waals surface area contributed by atoms with Gasteiger partial charge in [0.05, 0.1) is 5.92 Å². The summed E-state index contributed by atoms with van der Waals surface area (Å²) in [5.74, 6) is 1.40. The third-order valence-corrected chi connectivity index (χ3v) is 1.33. The van der Waals surface area contributed by atoms with Gasteiger partial charge in [-0.25, -0.2) is 0 Å². The zero-order valence-electron chi connectivity index (χ0n) is 4.29. The van der Waals surface area contributed by atoms with Crippen molar-refractivity contribution in [3.63, 3.8) is 0 Å². The summed E-state index contributed by atoms with van der Waals surface area (Å²) in [5, 5.41) is 0. The quantitative estimate of drug-likeness (QED) is 0.452. The molecule has 1 aliphatic heterocycles. The lowest BCUT2D eigenvalue weighted by Crippen LogP contribution is -1.85. The Morgan fingerprint density at radius 3 is 3.50 bits per heavy atom. The lowest BCUT2D eigenvalue weighted by atomic mass is 10.2. The maximum atomic E-state index is 4.97. The van der Waals surface area contributed by atoms with Gasteiger partial charge in [0, 0.05) is 0 Å². The topological polar surface area (TPSA) is 9.23 Å². The minimum absolute atomic E-state index is 0.398. The number of hydrogen-bond donors (Lipinski definition) is 0. The molecule has 1 heterocycles. The molecule has 0 amide bonds. The molecule has 0 spiro atoms. The molecule has 1 heteroatoms. The standard InChI is InChI=1S/C7H5O/c1-2-6-4-5-8-7(6)3-1/h1-4,6H. The SMILES string of the molecule is [C]1=CC2C=CC=C2O1. The Kier molecular flexibility index (Phi) is 0.618. The van der Waals surface area contributed by atoms with E-state index in [4.69, 9.17) is 4.74 Å². The van der Waals surface area contributed by atoms with E-state index in [-0.39, 0.29) is 0 Å². The van der Waals surface area contributed by atoms with E-state index in [2.05, 4.69) is 12.3 Å². The molecular weight excluding hydrogens is 100 g/mol. The van der Waals surface area contributed by atoms with Crippen molar-refractivity contribution in [2.75, 3.05) is 0 Å². The summed E-state index contributed by atoms with van der Waals surface area (Å²) >= 11 is 0. The molecule has 0 aromatic rings. The first-order valence-corrected chi connectivity index (χ1v) is 2.61. The van der Waals surface area contributed by atoms with Gasteiger partial charge in [-0.15, -0.1) is 0 Å². The fourth-order valence-corrected chi connectivity index (χ4v) is 0.891. The summed E-state index contributed by atoms with van der Waals surface area (Å²) in [6.07, 6.45) is 10.6. The second-order valence-electron chi connectivity index (χ2n) is 1.87. The van der Waals surface area contributed by atoms with Gasteiger partial charge in [0.15, 0.2) is 6.26 Å². The van der Waals surface area contributed by atoms with Crippen molar-refractivity contribution in [1.82, 2.24) is 0 Å². The summed E-state index contributed by atoms with van der Waals surface area (Å²) in [6.45, 7) is 0. The summed E-state index contributed by atoms with van der Waals surface area (Å²) in [4.78, 5) is 0. The second-order valence-corrected chi connectivity index (χ2v) is 1.87. The molecule has 8 heavy (non-hydrogen) atoms. The van der Waals surface area contributed by atoms with Crippen LogP contribution < -0.4 is 0 Å². The van der Waals surface area contributed by atoms with Crippen molar-refractivity contribution in [3.8, 4) is 0 Å². The summed E-state index contributed by atoms with van der Waals surface area (Å²) < 4.78 is 4.97. The molecule has 2 rings (SSSR count). The third kappa shape index (κ3) is 0.360. The number of hydrogen-bond acceptors (Lipinski definition) is 1. The van der Waals surface area contributed by atoms with Crippen molar-refractivity contribution >= 4 is 0 Å². The van der Waals surface area contributed by atoms with Crippen LogP contribution in [-0.4, -0.2) is 0 Å². The second kappa shape index (κ2) is 1.25. The Morgan fingerprint density at radius 2 is 2.62 bits per heavy atom. The van der Waals surface area contributed by atoms with Crippen molar-refractivity contribution in [1.29, 1.82) is 0 Å². The Hall–Kier alpha value is -0.980. The molecule has 1 nitrogen and oxygen atoms in total. The van der Waals surface area contributed by atoms with Crippen LogP contribution in [0.1, 0.15) is 0 Å². The van der Waals surface area contributed by atoms with Gasteiger partial charge in [-0.2, -0.15) is 0 Å². The number of fused-ring (bicyclic) bond motifs is 1. The molecule has 0 N–H and O–H groups in total. The van der Waals surface area contributed by atoms with Crippen LogP contribution >= 0.6 is 0 Å². The van der Waals surface area contributed by atoms with E-state index in [0.717, 1.165) is 5.76 Å². The molecule has 0 saturated carbocycles. The van der Waals surface area contributed by atoms with E-state index in [1.807, 2.05) is 18.2 Å². The van der Waals surface area contributed by atoms with Crippen LogP contribution in [0.15, 0.2) is 30.1 Å². The van der Waals surface area contributed by atoms with E-state index in [0.29, 0.717) is 5.92 Å². The van der Waals surface area contributed by atoms with E-state index in [9.17, 15) is 0 Å². The van der Waals surface area contributed by atoms with Crippen LogP contribution in [0, 0.1) is 12.2 Å². The highest BCUT2D eigenvalue weighted by Crippen LogP contribution is 2.26. The molecule has 1 radical (unpaired) electrons. The van der Waals surface area contributed by atoms with Crippen LogP contribution in [0.3, 0.4) is 0 Å². The van der Waals surface area contributed by atoms with Gasteiger partial charge >= 0.3 is 0 Å². The van der Waals surface area contributed by atoms with E-state index >= 15 is 0 Å². The van der Waals surface area contributed by atoms with Gasteiger partial charge < -0.3 is 4.74 Å². The van der Waals surface area contributed by atoms with Gasteiger partial charge in [0.2, 0.25) is 0 Å². The molecule has 1 aliphatic carbocycles. The first-order valence-electron chi connectivity index (χ1n) is 2.61. The van der Waals surface area contributed by atoms with Gasteiger partial charge in [-0.3, -0.25) is 0 Å².